The lowest BCUT2D eigenvalue weighted by molar-refractivity contribution is 0.639. The second-order valence-corrected chi connectivity index (χ2v) is 4.42. The van der Waals surface area contributed by atoms with E-state index < -0.39 is 0 Å². The Hall–Kier alpha value is -2.26. The molecule has 0 amide bonds. The summed E-state index contributed by atoms with van der Waals surface area (Å²) < 4.78 is 13.8. The molecule has 2 nitrogen and oxygen atoms in total. The number of halogens is 1. The predicted molar refractivity (Wildman–Crippen MR) is 75.0 cm³/mol. The number of pyridine rings is 1. The Bertz CT molecular complexity index is 738. The number of nitrogens with zero attached hydrogens (tertiary/aromatic N) is 1. The second kappa shape index (κ2) is 4.78. The molecule has 0 aliphatic carbocycles. The van der Waals surface area contributed by atoms with Gasteiger partial charge >= 0.3 is 0 Å². The lowest BCUT2D eigenvalue weighted by Crippen LogP contribution is -1.96. The summed E-state index contributed by atoms with van der Waals surface area (Å²) in [6.07, 6.45) is 3.24. The van der Waals surface area contributed by atoms with E-state index in [2.05, 4.69) is 4.98 Å². The van der Waals surface area contributed by atoms with Crippen molar-refractivity contribution in [3.8, 4) is 11.1 Å². The number of fused-ring (bicyclic) bond motifs is 1. The minimum atomic E-state index is -0.248. The summed E-state index contributed by atoms with van der Waals surface area (Å²) >= 11 is 0. The van der Waals surface area contributed by atoms with Crippen LogP contribution in [-0.2, 0) is 6.54 Å². The molecule has 3 aromatic rings. The molecule has 0 saturated heterocycles. The average molecular weight is 252 g/mol. The SMILES string of the molecule is NCc1cccc(-c2ccc(F)c3cnccc23)c1. The molecular weight excluding hydrogens is 239 g/mol. The van der Waals surface area contributed by atoms with Crippen molar-refractivity contribution < 1.29 is 4.39 Å². The summed E-state index contributed by atoms with van der Waals surface area (Å²) in [6, 6.07) is 13.1. The Balaban J connectivity index is 2.28. The molecule has 2 N–H and O–H groups in total. The number of hydrogen-bond acceptors (Lipinski definition) is 2. The molecule has 1 aromatic heterocycles. The van der Waals surface area contributed by atoms with E-state index in [4.69, 9.17) is 5.73 Å². The third kappa shape index (κ3) is 2.09. The van der Waals surface area contributed by atoms with Crippen LogP contribution < -0.4 is 5.73 Å². The highest BCUT2D eigenvalue weighted by Gasteiger charge is 2.07. The normalized spacial score (nSPS) is 10.8. The molecule has 0 aliphatic rings. The van der Waals surface area contributed by atoms with Crippen molar-refractivity contribution in [1.29, 1.82) is 0 Å². The molecule has 0 aliphatic heterocycles. The van der Waals surface area contributed by atoms with Gasteiger partial charge in [0.1, 0.15) is 5.82 Å². The first-order chi connectivity index (χ1) is 9.29. The largest absolute Gasteiger partial charge is 0.326 e. The van der Waals surface area contributed by atoms with Gasteiger partial charge in [-0.15, -0.1) is 0 Å². The van der Waals surface area contributed by atoms with Crippen molar-refractivity contribution in [3.63, 3.8) is 0 Å². The van der Waals surface area contributed by atoms with Crippen LogP contribution in [0.15, 0.2) is 54.9 Å². The van der Waals surface area contributed by atoms with Gasteiger partial charge in [-0.05, 0) is 40.3 Å². The zero-order valence-electron chi connectivity index (χ0n) is 10.3. The van der Waals surface area contributed by atoms with Crippen LogP contribution in [0.4, 0.5) is 4.39 Å². The van der Waals surface area contributed by atoms with Crippen LogP contribution in [0.25, 0.3) is 21.9 Å². The van der Waals surface area contributed by atoms with E-state index >= 15 is 0 Å². The molecule has 3 heteroatoms. The first kappa shape index (κ1) is 11.8. The zero-order valence-corrected chi connectivity index (χ0v) is 10.3. The van der Waals surface area contributed by atoms with E-state index in [1.165, 1.54) is 6.07 Å². The van der Waals surface area contributed by atoms with Crippen LogP contribution in [0.3, 0.4) is 0 Å². The highest BCUT2D eigenvalue weighted by atomic mass is 19.1. The monoisotopic (exact) mass is 252 g/mol. The van der Waals surface area contributed by atoms with Crippen molar-refractivity contribution in [2.75, 3.05) is 0 Å². The lowest BCUT2D eigenvalue weighted by Gasteiger charge is -2.08. The molecule has 94 valence electrons. The van der Waals surface area contributed by atoms with Gasteiger partial charge in [0.25, 0.3) is 0 Å². The van der Waals surface area contributed by atoms with Crippen LogP contribution >= 0.6 is 0 Å². The third-order valence-corrected chi connectivity index (χ3v) is 3.24. The molecule has 0 fully saturated rings. The molecule has 0 spiro atoms. The van der Waals surface area contributed by atoms with Gasteiger partial charge in [-0.25, -0.2) is 4.39 Å². The van der Waals surface area contributed by atoms with E-state index in [1.807, 2.05) is 30.3 Å². The number of benzene rings is 2. The van der Waals surface area contributed by atoms with Gasteiger partial charge in [-0.1, -0.05) is 24.3 Å². The maximum atomic E-state index is 13.8. The standard InChI is InChI=1S/C16H13FN2/c17-16-5-4-13(14-6-7-19-10-15(14)16)12-3-1-2-11(8-12)9-18/h1-8,10H,9,18H2. The van der Waals surface area contributed by atoms with E-state index in [-0.39, 0.29) is 5.82 Å². The fraction of sp³-hybridized carbons (Fsp3) is 0.0625. The molecular formula is C16H13FN2. The van der Waals surface area contributed by atoms with E-state index in [0.717, 1.165) is 22.1 Å². The second-order valence-electron chi connectivity index (χ2n) is 4.42. The summed E-state index contributed by atoms with van der Waals surface area (Å²) in [7, 11) is 0. The molecule has 0 bridgehead atoms. The molecule has 0 saturated carbocycles. The lowest BCUT2D eigenvalue weighted by atomic mass is 9.98. The zero-order chi connectivity index (χ0) is 13.2. The van der Waals surface area contributed by atoms with Crippen LogP contribution in [0.5, 0.6) is 0 Å². The van der Waals surface area contributed by atoms with Crippen molar-refractivity contribution in [2.24, 2.45) is 5.73 Å². The smallest absolute Gasteiger partial charge is 0.132 e. The van der Waals surface area contributed by atoms with Gasteiger partial charge in [-0.3, -0.25) is 4.98 Å². The van der Waals surface area contributed by atoms with E-state index in [1.54, 1.807) is 18.5 Å². The summed E-state index contributed by atoms with van der Waals surface area (Å²) in [5.41, 5.74) is 8.76. The molecule has 0 atom stereocenters. The van der Waals surface area contributed by atoms with Crippen LogP contribution in [0, 0.1) is 5.82 Å². The topological polar surface area (TPSA) is 38.9 Å². The molecule has 19 heavy (non-hydrogen) atoms. The summed E-state index contributed by atoms with van der Waals surface area (Å²) in [6.45, 7) is 0.495. The van der Waals surface area contributed by atoms with Gasteiger partial charge in [-0.2, -0.15) is 0 Å². The molecule has 0 radical (unpaired) electrons. The van der Waals surface area contributed by atoms with Gasteiger partial charge in [0.05, 0.1) is 0 Å². The van der Waals surface area contributed by atoms with Crippen LogP contribution in [-0.4, -0.2) is 4.98 Å². The van der Waals surface area contributed by atoms with Crippen LogP contribution in [0.1, 0.15) is 5.56 Å². The van der Waals surface area contributed by atoms with E-state index in [9.17, 15) is 4.39 Å². The van der Waals surface area contributed by atoms with Gasteiger partial charge in [0.15, 0.2) is 0 Å². The van der Waals surface area contributed by atoms with Crippen molar-refractivity contribution >= 4 is 10.8 Å². The first-order valence-corrected chi connectivity index (χ1v) is 6.11. The predicted octanol–water partition coefficient (Wildman–Crippen LogP) is 3.50. The molecule has 3 rings (SSSR count). The van der Waals surface area contributed by atoms with Gasteiger partial charge in [0.2, 0.25) is 0 Å². The minimum Gasteiger partial charge on any atom is -0.326 e. The number of nitrogens with two attached hydrogens (primary N) is 1. The Morgan fingerprint density at radius 1 is 1.05 bits per heavy atom. The van der Waals surface area contributed by atoms with Crippen molar-refractivity contribution in [1.82, 2.24) is 4.98 Å². The van der Waals surface area contributed by atoms with Crippen LogP contribution in [0.2, 0.25) is 0 Å². The number of hydrogen-bond donors (Lipinski definition) is 1. The Morgan fingerprint density at radius 3 is 2.79 bits per heavy atom. The van der Waals surface area contributed by atoms with Gasteiger partial charge in [0, 0.05) is 24.3 Å². The third-order valence-electron chi connectivity index (χ3n) is 3.24. The molecule has 1 heterocycles. The summed E-state index contributed by atoms with van der Waals surface area (Å²) in [5.74, 6) is -0.248. The molecule has 0 unspecified atom stereocenters. The van der Waals surface area contributed by atoms with E-state index in [0.29, 0.717) is 11.9 Å². The van der Waals surface area contributed by atoms with Gasteiger partial charge < -0.3 is 5.73 Å². The fourth-order valence-electron chi connectivity index (χ4n) is 2.27. The maximum Gasteiger partial charge on any atom is 0.132 e. The Morgan fingerprint density at radius 2 is 1.95 bits per heavy atom. The fourth-order valence-corrected chi connectivity index (χ4v) is 2.27. The van der Waals surface area contributed by atoms with Crippen molar-refractivity contribution in [3.05, 3.63) is 66.2 Å². The Labute approximate surface area is 110 Å². The quantitative estimate of drug-likeness (QED) is 0.758. The maximum absolute atomic E-state index is 13.8. The Kier molecular flexibility index (Phi) is 2.97. The average Bonchev–Trinajstić information content (AvgIpc) is 2.48. The summed E-state index contributed by atoms with van der Waals surface area (Å²) in [4.78, 5) is 3.98. The molecule has 2 aromatic carbocycles. The number of rotatable bonds is 2. The minimum absolute atomic E-state index is 0.248. The highest BCUT2D eigenvalue weighted by molar-refractivity contribution is 5.96. The highest BCUT2D eigenvalue weighted by Crippen LogP contribution is 2.30. The summed E-state index contributed by atoms with van der Waals surface area (Å²) in [5, 5.41) is 1.40. The first-order valence-electron chi connectivity index (χ1n) is 6.11. The number of aromatic nitrogens is 1. The van der Waals surface area contributed by atoms with Crippen molar-refractivity contribution in [2.45, 2.75) is 6.54 Å².